The number of allylic oxidation sites excluding steroid dienone is 1. The second kappa shape index (κ2) is 9.41. The first-order chi connectivity index (χ1) is 16.9. The second-order valence-electron chi connectivity index (χ2n) is 9.37. The Balaban J connectivity index is 1.66. The molecule has 0 saturated carbocycles. The van der Waals surface area contributed by atoms with E-state index < -0.39 is 41.6 Å². The van der Waals surface area contributed by atoms with Crippen molar-refractivity contribution in [2.75, 3.05) is 24.7 Å². The highest BCUT2D eigenvalue weighted by molar-refractivity contribution is 6.34. The lowest BCUT2D eigenvalue weighted by atomic mass is 9.78. The number of cyclic esters (lactones) is 1. The van der Waals surface area contributed by atoms with Gasteiger partial charge in [0.2, 0.25) is 5.91 Å². The minimum atomic E-state index is -1.37. The second-order valence-corrected chi connectivity index (χ2v) is 9.78. The molecule has 0 bridgehead atoms. The van der Waals surface area contributed by atoms with Crippen molar-refractivity contribution in [2.45, 2.75) is 50.0 Å². The molecule has 35 heavy (non-hydrogen) atoms. The third kappa shape index (κ3) is 3.70. The third-order valence-electron chi connectivity index (χ3n) is 7.51. The maximum absolute atomic E-state index is 14.2. The highest BCUT2D eigenvalue weighted by Crippen LogP contribution is 2.54. The molecule has 4 heterocycles. The van der Waals surface area contributed by atoms with Gasteiger partial charge in [-0.3, -0.25) is 14.4 Å². The Labute approximate surface area is 209 Å². The number of benzene rings is 1. The molecular formula is C26H29ClN2O6. The summed E-state index contributed by atoms with van der Waals surface area (Å²) >= 11 is 6.44. The van der Waals surface area contributed by atoms with E-state index in [9.17, 15) is 19.5 Å². The number of fused-ring (bicyclic) bond motifs is 2. The van der Waals surface area contributed by atoms with E-state index in [-0.39, 0.29) is 31.6 Å². The fourth-order valence-corrected chi connectivity index (χ4v) is 6.12. The molecule has 1 N–H and O–H groups in total. The highest BCUT2D eigenvalue weighted by atomic mass is 35.5. The molecule has 0 aliphatic carbocycles. The summed E-state index contributed by atoms with van der Waals surface area (Å²) in [6.07, 6.45) is 8.46. The van der Waals surface area contributed by atoms with Crippen LogP contribution in [0.2, 0.25) is 5.02 Å². The van der Waals surface area contributed by atoms with Gasteiger partial charge in [-0.25, -0.2) is 0 Å². The van der Waals surface area contributed by atoms with E-state index in [1.807, 2.05) is 19.1 Å². The molecule has 186 valence electrons. The number of aliphatic hydroxyl groups is 1. The number of carbonyl (C=O) groups excluding carboxylic acids is 3. The first-order valence-corrected chi connectivity index (χ1v) is 12.5. The van der Waals surface area contributed by atoms with E-state index in [0.29, 0.717) is 23.6 Å². The number of anilines is 1. The summed E-state index contributed by atoms with van der Waals surface area (Å²) in [6.45, 7) is 2.02. The fourth-order valence-electron chi connectivity index (χ4n) is 5.89. The molecule has 2 saturated heterocycles. The maximum Gasteiger partial charge on any atom is 0.312 e. The number of ether oxygens (including phenoxy) is 2. The number of esters is 1. The van der Waals surface area contributed by atoms with Crippen molar-refractivity contribution in [2.24, 2.45) is 11.8 Å². The first-order valence-electron chi connectivity index (χ1n) is 12.1. The summed E-state index contributed by atoms with van der Waals surface area (Å²) in [7, 11) is 0. The van der Waals surface area contributed by atoms with Crippen LogP contribution in [0.3, 0.4) is 0 Å². The largest absolute Gasteiger partial charge is 0.465 e. The summed E-state index contributed by atoms with van der Waals surface area (Å²) in [5.74, 6) is -3.08. The Morgan fingerprint density at radius 3 is 2.74 bits per heavy atom. The van der Waals surface area contributed by atoms with Crippen LogP contribution in [0.1, 0.15) is 26.2 Å². The monoisotopic (exact) mass is 500 g/mol. The van der Waals surface area contributed by atoms with Crippen LogP contribution in [0, 0.1) is 11.8 Å². The number of carbonyl (C=O) groups is 3. The number of rotatable bonds is 4. The molecule has 4 aliphatic rings. The van der Waals surface area contributed by atoms with Gasteiger partial charge in [-0.05, 0) is 31.4 Å². The Bertz CT molecular complexity index is 1090. The molecule has 0 aromatic heterocycles. The van der Waals surface area contributed by atoms with Crippen LogP contribution in [0.5, 0.6) is 0 Å². The van der Waals surface area contributed by atoms with Crippen molar-refractivity contribution < 1.29 is 29.0 Å². The maximum atomic E-state index is 14.2. The van der Waals surface area contributed by atoms with E-state index in [1.165, 1.54) is 9.80 Å². The Hall–Kier alpha value is -2.68. The average molecular weight is 501 g/mol. The van der Waals surface area contributed by atoms with Crippen LogP contribution in [0.4, 0.5) is 5.69 Å². The molecule has 4 aliphatic heterocycles. The van der Waals surface area contributed by atoms with E-state index >= 15 is 0 Å². The zero-order valence-corrected chi connectivity index (χ0v) is 20.3. The van der Waals surface area contributed by atoms with Crippen LogP contribution in [0.25, 0.3) is 0 Å². The minimum absolute atomic E-state index is 0.227. The van der Waals surface area contributed by atoms with Gasteiger partial charge in [0.15, 0.2) is 0 Å². The number of amides is 2. The van der Waals surface area contributed by atoms with Gasteiger partial charge < -0.3 is 24.4 Å². The zero-order valence-electron chi connectivity index (χ0n) is 19.5. The Kier molecular flexibility index (Phi) is 6.46. The highest BCUT2D eigenvalue weighted by Gasteiger charge is 2.72. The Morgan fingerprint density at radius 2 is 2.00 bits per heavy atom. The molecule has 5 rings (SSSR count). The molecule has 1 aromatic rings. The van der Waals surface area contributed by atoms with Crippen molar-refractivity contribution in [3.63, 3.8) is 0 Å². The van der Waals surface area contributed by atoms with E-state index in [2.05, 4.69) is 0 Å². The predicted molar refractivity (Wildman–Crippen MR) is 129 cm³/mol. The van der Waals surface area contributed by atoms with Crippen molar-refractivity contribution in [1.82, 2.24) is 4.90 Å². The lowest BCUT2D eigenvalue weighted by Gasteiger charge is -2.38. The predicted octanol–water partition coefficient (Wildman–Crippen LogP) is 2.49. The van der Waals surface area contributed by atoms with Crippen LogP contribution < -0.4 is 4.90 Å². The van der Waals surface area contributed by atoms with Gasteiger partial charge in [0.25, 0.3) is 5.91 Å². The van der Waals surface area contributed by atoms with E-state index in [0.717, 1.165) is 6.42 Å². The van der Waals surface area contributed by atoms with Gasteiger partial charge in [0, 0.05) is 6.54 Å². The van der Waals surface area contributed by atoms with Gasteiger partial charge in [-0.15, -0.1) is 0 Å². The summed E-state index contributed by atoms with van der Waals surface area (Å²) in [5, 5.41) is 10.5. The number of halogens is 1. The normalized spacial score (nSPS) is 34.2. The number of nitrogens with zero attached hydrogens (tertiary/aromatic N) is 2. The number of aliphatic hydroxyl groups excluding tert-OH is 1. The Morgan fingerprint density at radius 1 is 1.20 bits per heavy atom. The SMILES string of the molecule is CC[C@@H](CO)N1C(=O)[C@@H]2[C@H]3C(=O)OCCC/C=C\[C@H]3O[C@@]23C=CCN(c2ccccc2Cl)C(=O)C13. The molecule has 1 spiro atoms. The van der Waals surface area contributed by atoms with Crippen molar-refractivity contribution >= 4 is 35.1 Å². The van der Waals surface area contributed by atoms with E-state index in [4.69, 9.17) is 21.1 Å². The van der Waals surface area contributed by atoms with Crippen molar-refractivity contribution in [1.29, 1.82) is 0 Å². The summed E-state index contributed by atoms with van der Waals surface area (Å²) in [6, 6.07) is 5.35. The number of hydrogen-bond donors (Lipinski definition) is 1. The lowest BCUT2D eigenvalue weighted by molar-refractivity contribution is -0.155. The van der Waals surface area contributed by atoms with Gasteiger partial charge in [-0.1, -0.05) is 55.0 Å². The lowest BCUT2D eigenvalue weighted by Crippen LogP contribution is -2.58. The summed E-state index contributed by atoms with van der Waals surface area (Å²) in [5.41, 5.74) is -0.849. The van der Waals surface area contributed by atoms with Crippen molar-refractivity contribution in [3.05, 3.63) is 53.6 Å². The quantitative estimate of drug-likeness (QED) is 0.504. The van der Waals surface area contributed by atoms with Crippen LogP contribution in [-0.2, 0) is 23.9 Å². The van der Waals surface area contributed by atoms with Gasteiger partial charge in [-0.2, -0.15) is 0 Å². The van der Waals surface area contributed by atoms with Crippen LogP contribution in [-0.4, -0.2) is 71.3 Å². The van der Waals surface area contributed by atoms with Gasteiger partial charge >= 0.3 is 5.97 Å². The fraction of sp³-hybridized carbons (Fsp3) is 0.500. The molecule has 6 atom stereocenters. The van der Waals surface area contributed by atoms with Crippen LogP contribution >= 0.6 is 11.6 Å². The molecule has 1 aromatic carbocycles. The number of likely N-dealkylation sites (tertiary alicyclic amines) is 1. The molecule has 0 radical (unpaired) electrons. The molecule has 1 unspecified atom stereocenters. The smallest absolute Gasteiger partial charge is 0.312 e. The minimum Gasteiger partial charge on any atom is -0.465 e. The zero-order chi connectivity index (χ0) is 24.7. The van der Waals surface area contributed by atoms with Gasteiger partial charge in [0.05, 0.1) is 42.0 Å². The average Bonchev–Trinajstić information content (AvgIpc) is 3.26. The topological polar surface area (TPSA) is 96.4 Å². The first kappa shape index (κ1) is 24.0. The standard InChI is InChI=1S/C26H29ClN2O6/c1-2-16(15-30)29-22-24(32)28(18-10-6-5-9-17(18)27)13-8-12-26(22)21(23(29)31)20-19(35-26)11-4-3-7-14-34-25(20)33/h4-6,8-12,16,19-22,30H,2-3,7,13-15H2,1H3/b11-4-/t16-,19+,20-,21-,22?,26-/m0/s1. The van der Waals surface area contributed by atoms with Crippen molar-refractivity contribution in [3.8, 4) is 0 Å². The molecular weight excluding hydrogens is 472 g/mol. The number of para-hydroxylation sites is 1. The molecule has 2 amide bonds. The van der Waals surface area contributed by atoms with E-state index in [1.54, 1.807) is 36.4 Å². The third-order valence-corrected chi connectivity index (χ3v) is 7.83. The van der Waals surface area contributed by atoms with Gasteiger partial charge in [0.1, 0.15) is 17.6 Å². The number of hydrogen-bond acceptors (Lipinski definition) is 6. The molecule has 8 nitrogen and oxygen atoms in total. The summed E-state index contributed by atoms with van der Waals surface area (Å²) in [4.78, 5) is 44.4. The molecule has 2 fully saturated rings. The summed E-state index contributed by atoms with van der Waals surface area (Å²) < 4.78 is 12.1. The molecule has 9 heteroatoms. The van der Waals surface area contributed by atoms with Crippen LogP contribution in [0.15, 0.2) is 48.6 Å².